The molecule has 4 aliphatic rings. The van der Waals surface area contributed by atoms with E-state index in [-0.39, 0.29) is 0 Å². The van der Waals surface area contributed by atoms with Crippen molar-refractivity contribution in [3.63, 3.8) is 0 Å². The fourth-order valence-corrected chi connectivity index (χ4v) is 10.3. The molecule has 0 aliphatic heterocycles. The Hall–Kier alpha value is -0.830. The molecule has 4 fully saturated rings. The van der Waals surface area contributed by atoms with Crippen LogP contribution in [0.2, 0.25) is 0 Å². The Morgan fingerprint density at radius 1 is 0.971 bits per heavy atom. The second-order valence-electron chi connectivity index (χ2n) is 14.4. The number of nitrogens with one attached hydrogen (secondary N) is 2. The van der Waals surface area contributed by atoms with Crippen LogP contribution in [0, 0.1) is 52.3 Å². The van der Waals surface area contributed by atoms with Gasteiger partial charge in [-0.2, -0.15) is 0 Å². The summed E-state index contributed by atoms with van der Waals surface area (Å²) >= 11 is 0. The van der Waals surface area contributed by atoms with Gasteiger partial charge in [0.05, 0.1) is 6.33 Å². The zero-order chi connectivity index (χ0) is 24.6. The number of fused-ring (bicyclic) bond motifs is 5. The smallest absolute Gasteiger partial charge is 0.0921 e. The van der Waals surface area contributed by atoms with Gasteiger partial charge in [0.15, 0.2) is 0 Å². The summed E-state index contributed by atoms with van der Waals surface area (Å²) in [5, 5.41) is 3.92. The fourth-order valence-electron chi connectivity index (χ4n) is 10.3. The monoisotopic (exact) mass is 481 g/mol. The van der Waals surface area contributed by atoms with Gasteiger partial charge in [0, 0.05) is 30.9 Å². The van der Waals surface area contributed by atoms with Gasteiger partial charge < -0.3 is 10.3 Å². The van der Waals surface area contributed by atoms with Crippen LogP contribution in [0.5, 0.6) is 0 Å². The Morgan fingerprint density at radius 3 is 2.54 bits per heavy atom. The molecule has 0 bridgehead atoms. The Kier molecular flexibility index (Phi) is 7.74. The van der Waals surface area contributed by atoms with E-state index in [9.17, 15) is 0 Å². The molecule has 0 saturated heterocycles. The minimum atomic E-state index is 0.604. The van der Waals surface area contributed by atoms with E-state index in [4.69, 9.17) is 0 Å². The quantitative estimate of drug-likeness (QED) is 0.375. The van der Waals surface area contributed by atoms with Crippen LogP contribution in [0.15, 0.2) is 12.5 Å². The van der Waals surface area contributed by atoms with Gasteiger partial charge in [0.2, 0.25) is 0 Å². The van der Waals surface area contributed by atoms with E-state index in [0.29, 0.717) is 10.8 Å². The lowest BCUT2D eigenvalue weighted by molar-refractivity contribution is -0.118. The van der Waals surface area contributed by atoms with Crippen molar-refractivity contribution in [2.75, 3.05) is 6.54 Å². The molecule has 198 valence electrons. The molecule has 3 heteroatoms. The third kappa shape index (κ3) is 5.01. The van der Waals surface area contributed by atoms with Gasteiger partial charge in [-0.05, 0) is 110 Å². The Morgan fingerprint density at radius 2 is 1.77 bits per heavy atom. The molecule has 1 aromatic rings. The van der Waals surface area contributed by atoms with Crippen LogP contribution in [-0.4, -0.2) is 22.6 Å². The Labute approximate surface area is 216 Å². The summed E-state index contributed by atoms with van der Waals surface area (Å²) in [5.41, 5.74) is 2.49. The number of imidazole rings is 1. The first kappa shape index (κ1) is 25.8. The second kappa shape index (κ2) is 10.5. The van der Waals surface area contributed by atoms with Crippen molar-refractivity contribution < 1.29 is 0 Å². The van der Waals surface area contributed by atoms with E-state index >= 15 is 0 Å². The first-order valence-corrected chi connectivity index (χ1v) is 15.5. The minimum absolute atomic E-state index is 0.604. The van der Waals surface area contributed by atoms with Crippen LogP contribution in [0.1, 0.15) is 117 Å². The van der Waals surface area contributed by atoms with E-state index in [1.165, 1.54) is 82.7 Å². The number of H-pyrrole nitrogens is 1. The first-order chi connectivity index (χ1) is 16.8. The molecule has 5 rings (SSSR count). The summed E-state index contributed by atoms with van der Waals surface area (Å²) in [4.78, 5) is 7.42. The summed E-state index contributed by atoms with van der Waals surface area (Å²) in [6.07, 6.45) is 22.6. The van der Waals surface area contributed by atoms with Crippen LogP contribution >= 0.6 is 0 Å². The fraction of sp³-hybridized carbons (Fsp3) is 0.906. The zero-order valence-electron chi connectivity index (χ0n) is 23.6. The van der Waals surface area contributed by atoms with Gasteiger partial charge in [-0.25, -0.2) is 4.98 Å². The lowest BCUT2D eigenvalue weighted by Crippen LogP contribution is -2.55. The molecule has 2 N–H and O–H groups in total. The molecule has 1 heterocycles. The largest absolute Gasteiger partial charge is 0.348 e. The predicted octanol–water partition coefficient (Wildman–Crippen LogP) is 8.03. The molecule has 4 saturated carbocycles. The number of hydrogen-bond acceptors (Lipinski definition) is 2. The lowest BCUT2D eigenvalue weighted by Gasteiger charge is -2.61. The average Bonchev–Trinajstić information content (AvgIpc) is 3.46. The molecule has 4 aliphatic carbocycles. The van der Waals surface area contributed by atoms with Crippen molar-refractivity contribution in [1.82, 2.24) is 15.3 Å². The predicted molar refractivity (Wildman–Crippen MR) is 147 cm³/mol. The molecule has 0 aromatic carbocycles. The highest BCUT2D eigenvalue weighted by Gasteiger charge is 2.60. The molecule has 0 amide bonds. The van der Waals surface area contributed by atoms with E-state index in [1.807, 2.05) is 6.20 Å². The molecule has 0 spiro atoms. The third-order valence-corrected chi connectivity index (χ3v) is 12.2. The summed E-state index contributed by atoms with van der Waals surface area (Å²) in [6, 6.07) is 0.726. The van der Waals surface area contributed by atoms with Crippen LogP contribution in [0.3, 0.4) is 0 Å². The maximum atomic E-state index is 4.17. The van der Waals surface area contributed by atoms with Crippen LogP contribution in [0.25, 0.3) is 0 Å². The van der Waals surface area contributed by atoms with Gasteiger partial charge in [-0.3, -0.25) is 0 Å². The van der Waals surface area contributed by atoms with Crippen molar-refractivity contribution in [1.29, 1.82) is 0 Å². The Balaban J connectivity index is 1.18. The molecule has 9 atom stereocenters. The lowest BCUT2D eigenvalue weighted by atomic mass is 9.44. The van der Waals surface area contributed by atoms with Crippen molar-refractivity contribution in [3.8, 4) is 0 Å². The normalized spacial score (nSPS) is 41.9. The van der Waals surface area contributed by atoms with E-state index < -0.39 is 0 Å². The standard InChI is InChI=1S/C32H55N3/c1-22(2)7-6-8-23(3)28-11-12-29-27-10-9-24-19-25(34-18-15-26-20-33-21-35-26)13-16-31(24,4)30(27)14-17-32(28,29)5/h20-25,27-30,34H,6-19H2,1-5H3,(H,33,35)/t23-,24?,25?,27+,28-,29+,30+,31+,32-/m1/s1. The second-order valence-corrected chi connectivity index (χ2v) is 14.4. The zero-order valence-corrected chi connectivity index (χ0v) is 23.6. The number of hydrogen-bond donors (Lipinski definition) is 2. The third-order valence-electron chi connectivity index (χ3n) is 12.2. The van der Waals surface area contributed by atoms with Crippen LogP contribution in [-0.2, 0) is 6.42 Å². The van der Waals surface area contributed by atoms with Gasteiger partial charge in [-0.1, -0.05) is 53.9 Å². The summed E-state index contributed by atoms with van der Waals surface area (Å²) in [7, 11) is 0. The van der Waals surface area contributed by atoms with Crippen molar-refractivity contribution in [2.45, 2.75) is 124 Å². The topological polar surface area (TPSA) is 40.7 Å². The summed E-state index contributed by atoms with van der Waals surface area (Å²) in [6.45, 7) is 14.0. The molecule has 1 aromatic heterocycles. The van der Waals surface area contributed by atoms with Gasteiger partial charge in [0.1, 0.15) is 0 Å². The highest BCUT2D eigenvalue weighted by atomic mass is 14.9. The highest BCUT2D eigenvalue weighted by Crippen LogP contribution is 2.68. The average molecular weight is 482 g/mol. The minimum Gasteiger partial charge on any atom is -0.348 e. The molecule has 2 unspecified atom stereocenters. The van der Waals surface area contributed by atoms with E-state index in [2.05, 4.69) is 49.9 Å². The van der Waals surface area contributed by atoms with Crippen molar-refractivity contribution >= 4 is 0 Å². The maximum absolute atomic E-state index is 4.17. The van der Waals surface area contributed by atoms with Crippen LogP contribution < -0.4 is 5.32 Å². The summed E-state index contributed by atoms with van der Waals surface area (Å²) in [5.74, 6) is 6.76. The van der Waals surface area contributed by atoms with Gasteiger partial charge in [-0.15, -0.1) is 0 Å². The number of rotatable bonds is 9. The van der Waals surface area contributed by atoms with E-state index in [1.54, 1.807) is 6.33 Å². The Bertz CT molecular complexity index is 802. The molecule has 35 heavy (non-hydrogen) atoms. The number of aromatic nitrogens is 2. The molecule has 0 radical (unpaired) electrons. The summed E-state index contributed by atoms with van der Waals surface area (Å²) < 4.78 is 0. The first-order valence-electron chi connectivity index (χ1n) is 15.5. The van der Waals surface area contributed by atoms with Crippen LogP contribution in [0.4, 0.5) is 0 Å². The SMILES string of the molecule is CC(C)CCC[C@@H](C)[C@H]1CC[C@H]2[C@@H]3CCC4CC(NCCc5cnc[nH]5)CC[C@]4(C)[C@H]3CC[C@]12C. The number of nitrogens with zero attached hydrogens (tertiary/aromatic N) is 1. The van der Waals surface area contributed by atoms with E-state index in [0.717, 1.165) is 60.4 Å². The molecular formula is C32H55N3. The highest BCUT2D eigenvalue weighted by molar-refractivity contribution is 5.10. The van der Waals surface area contributed by atoms with Crippen molar-refractivity contribution in [3.05, 3.63) is 18.2 Å². The number of aromatic amines is 1. The van der Waals surface area contributed by atoms with Crippen molar-refractivity contribution in [2.24, 2.45) is 52.3 Å². The maximum Gasteiger partial charge on any atom is 0.0921 e. The molecule has 3 nitrogen and oxygen atoms in total. The molecular weight excluding hydrogens is 426 g/mol. The van der Waals surface area contributed by atoms with Gasteiger partial charge in [0.25, 0.3) is 0 Å². The van der Waals surface area contributed by atoms with Gasteiger partial charge >= 0.3 is 0 Å².